The van der Waals surface area contributed by atoms with Gasteiger partial charge in [-0.15, -0.1) is 0 Å². The van der Waals surface area contributed by atoms with E-state index in [2.05, 4.69) is 0 Å². The van der Waals surface area contributed by atoms with Gasteiger partial charge < -0.3 is 14.9 Å². The maximum atomic E-state index is 12.2. The zero-order valence-corrected chi connectivity index (χ0v) is 12.9. The number of amides is 2. The number of aliphatic hydroxyl groups is 1. The van der Waals surface area contributed by atoms with Crippen LogP contribution in [0.15, 0.2) is 24.3 Å². The first-order valence-corrected chi connectivity index (χ1v) is 7.94. The van der Waals surface area contributed by atoms with Gasteiger partial charge >= 0.3 is 0 Å². The lowest BCUT2D eigenvalue weighted by Crippen LogP contribution is -2.37. The molecule has 2 heterocycles. The molecule has 1 aromatic rings. The first-order chi connectivity index (χ1) is 10.6. The lowest BCUT2D eigenvalue weighted by Gasteiger charge is -2.20. The van der Waals surface area contributed by atoms with Crippen molar-refractivity contribution >= 4 is 17.5 Å². The molecular weight excluding hydrogens is 280 g/mol. The number of carbonyl (C=O) groups is 2. The molecule has 0 bridgehead atoms. The first-order valence-electron chi connectivity index (χ1n) is 7.94. The zero-order chi connectivity index (χ0) is 15.7. The van der Waals surface area contributed by atoms with E-state index in [1.54, 1.807) is 4.90 Å². The summed E-state index contributed by atoms with van der Waals surface area (Å²) in [6.45, 7) is 3.68. The number of carbonyl (C=O) groups excluding carboxylic acids is 2. The minimum atomic E-state index is -0.994. The third kappa shape index (κ3) is 2.73. The average Bonchev–Trinajstić information content (AvgIpc) is 3.08. The molecule has 5 nitrogen and oxygen atoms in total. The molecule has 0 radical (unpaired) electrons. The summed E-state index contributed by atoms with van der Waals surface area (Å²) in [6.07, 6.45) is 1.47. The van der Waals surface area contributed by atoms with Crippen LogP contribution in [0.3, 0.4) is 0 Å². The summed E-state index contributed by atoms with van der Waals surface area (Å²) >= 11 is 0. The Morgan fingerprint density at radius 1 is 1.41 bits per heavy atom. The van der Waals surface area contributed by atoms with E-state index in [-0.39, 0.29) is 17.7 Å². The van der Waals surface area contributed by atoms with Gasteiger partial charge in [0.1, 0.15) is 6.10 Å². The van der Waals surface area contributed by atoms with Crippen LogP contribution in [0.25, 0.3) is 0 Å². The molecule has 2 unspecified atom stereocenters. The molecule has 118 valence electrons. The average molecular weight is 302 g/mol. The number of nitrogens with zero attached hydrogens (tertiary/aromatic N) is 2. The van der Waals surface area contributed by atoms with E-state index in [1.165, 1.54) is 6.92 Å². The van der Waals surface area contributed by atoms with Gasteiger partial charge in [-0.25, -0.2) is 0 Å². The van der Waals surface area contributed by atoms with Crippen LogP contribution in [-0.4, -0.2) is 47.6 Å². The summed E-state index contributed by atoms with van der Waals surface area (Å²) < 4.78 is 0. The molecule has 1 fully saturated rings. The SMILES string of the molecule is CC(O)C(=O)N1CC(CCN2CCCC2=O)c2ccccc21. The van der Waals surface area contributed by atoms with Crippen molar-refractivity contribution in [2.24, 2.45) is 0 Å². The number of aliphatic hydroxyl groups excluding tert-OH is 1. The quantitative estimate of drug-likeness (QED) is 0.917. The lowest BCUT2D eigenvalue weighted by molar-refractivity contribution is -0.128. The molecule has 2 aliphatic rings. The van der Waals surface area contributed by atoms with Crippen LogP contribution in [0.2, 0.25) is 0 Å². The van der Waals surface area contributed by atoms with E-state index >= 15 is 0 Å². The normalized spacial score (nSPS) is 22.1. The van der Waals surface area contributed by atoms with E-state index in [0.29, 0.717) is 13.0 Å². The summed E-state index contributed by atoms with van der Waals surface area (Å²) in [5, 5.41) is 9.59. The first kappa shape index (κ1) is 15.0. The maximum Gasteiger partial charge on any atom is 0.255 e. The second-order valence-corrected chi connectivity index (χ2v) is 6.15. The Morgan fingerprint density at radius 2 is 2.18 bits per heavy atom. The number of hydrogen-bond acceptors (Lipinski definition) is 3. The van der Waals surface area contributed by atoms with Gasteiger partial charge in [-0.3, -0.25) is 9.59 Å². The Kier molecular flexibility index (Phi) is 4.16. The number of rotatable bonds is 4. The highest BCUT2D eigenvalue weighted by Crippen LogP contribution is 2.38. The fourth-order valence-corrected chi connectivity index (χ4v) is 3.43. The molecule has 1 saturated heterocycles. The molecular formula is C17H22N2O3. The molecule has 2 aliphatic heterocycles. The van der Waals surface area contributed by atoms with E-state index in [9.17, 15) is 14.7 Å². The minimum Gasteiger partial charge on any atom is -0.384 e. The molecule has 5 heteroatoms. The topological polar surface area (TPSA) is 60.9 Å². The fourth-order valence-electron chi connectivity index (χ4n) is 3.43. The van der Waals surface area contributed by atoms with Gasteiger partial charge in [0.15, 0.2) is 0 Å². The Hall–Kier alpha value is -1.88. The van der Waals surface area contributed by atoms with Gasteiger partial charge in [-0.05, 0) is 31.4 Å². The van der Waals surface area contributed by atoms with Gasteiger partial charge in [-0.2, -0.15) is 0 Å². The van der Waals surface area contributed by atoms with Crippen molar-refractivity contribution in [2.75, 3.05) is 24.5 Å². The molecule has 2 amide bonds. The standard InChI is InChI=1S/C17H22N2O3/c1-12(20)17(22)19-11-13(14-5-2-3-6-15(14)19)8-10-18-9-4-7-16(18)21/h2-3,5-6,12-13,20H,4,7-11H2,1H3. The summed E-state index contributed by atoms with van der Waals surface area (Å²) in [7, 11) is 0. The van der Waals surface area contributed by atoms with Crippen molar-refractivity contribution < 1.29 is 14.7 Å². The molecule has 0 spiro atoms. The second-order valence-electron chi connectivity index (χ2n) is 6.15. The molecule has 0 aliphatic carbocycles. The highest BCUT2D eigenvalue weighted by atomic mass is 16.3. The Balaban J connectivity index is 1.73. The highest BCUT2D eigenvalue weighted by molar-refractivity contribution is 5.98. The molecule has 0 saturated carbocycles. The van der Waals surface area contributed by atoms with Crippen LogP contribution in [0.1, 0.15) is 37.7 Å². The molecule has 3 rings (SSSR count). The molecule has 1 N–H and O–H groups in total. The molecule has 2 atom stereocenters. The van der Waals surface area contributed by atoms with Crippen LogP contribution >= 0.6 is 0 Å². The van der Waals surface area contributed by atoms with Crippen molar-refractivity contribution in [3.05, 3.63) is 29.8 Å². The summed E-state index contributed by atoms with van der Waals surface area (Å²) in [6, 6.07) is 7.86. The van der Waals surface area contributed by atoms with E-state index in [1.807, 2.05) is 29.2 Å². The smallest absolute Gasteiger partial charge is 0.255 e. The third-order valence-corrected chi connectivity index (χ3v) is 4.61. The Labute approximate surface area is 130 Å². The highest BCUT2D eigenvalue weighted by Gasteiger charge is 2.34. The molecule has 22 heavy (non-hydrogen) atoms. The minimum absolute atomic E-state index is 0.229. The van der Waals surface area contributed by atoms with Crippen LogP contribution in [-0.2, 0) is 9.59 Å². The van der Waals surface area contributed by atoms with E-state index in [0.717, 1.165) is 37.2 Å². The summed E-state index contributed by atoms with van der Waals surface area (Å²) in [5.74, 6) is 0.211. The van der Waals surface area contributed by atoms with Crippen molar-refractivity contribution in [1.82, 2.24) is 4.90 Å². The van der Waals surface area contributed by atoms with Crippen molar-refractivity contribution in [3.8, 4) is 0 Å². The second kappa shape index (κ2) is 6.08. The largest absolute Gasteiger partial charge is 0.384 e. The van der Waals surface area contributed by atoms with Crippen molar-refractivity contribution in [3.63, 3.8) is 0 Å². The van der Waals surface area contributed by atoms with Crippen LogP contribution in [0.4, 0.5) is 5.69 Å². The van der Waals surface area contributed by atoms with Crippen LogP contribution in [0.5, 0.6) is 0 Å². The number of fused-ring (bicyclic) bond motifs is 1. The maximum absolute atomic E-state index is 12.2. The van der Waals surface area contributed by atoms with Gasteiger partial charge in [-0.1, -0.05) is 18.2 Å². The zero-order valence-electron chi connectivity index (χ0n) is 12.9. The Morgan fingerprint density at radius 3 is 2.86 bits per heavy atom. The van der Waals surface area contributed by atoms with Gasteiger partial charge in [0, 0.05) is 37.7 Å². The third-order valence-electron chi connectivity index (χ3n) is 4.61. The molecule has 0 aromatic heterocycles. The lowest BCUT2D eigenvalue weighted by atomic mass is 9.98. The van der Waals surface area contributed by atoms with Crippen LogP contribution < -0.4 is 4.90 Å². The van der Waals surface area contributed by atoms with E-state index < -0.39 is 6.10 Å². The van der Waals surface area contributed by atoms with Crippen molar-refractivity contribution in [1.29, 1.82) is 0 Å². The number of benzene rings is 1. The predicted molar refractivity (Wildman–Crippen MR) is 83.6 cm³/mol. The fraction of sp³-hybridized carbons (Fsp3) is 0.529. The van der Waals surface area contributed by atoms with Crippen LogP contribution in [0, 0.1) is 0 Å². The number of anilines is 1. The number of likely N-dealkylation sites (tertiary alicyclic amines) is 1. The van der Waals surface area contributed by atoms with Crippen molar-refractivity contribution in [2.45, 2.75) is 38.2 Å². The predicted octanol–water partition coefficient (Wildman–Crippen LogP) is 1.51. The summed E-state index contributed by atoms with van der Waals surface area (Å²) in [4.78, 5) is 27.5. The molecule has 1 aromatic carbocycles. The monoisotopic (exact) mass is 302 g/mol. The summed E-state index contributed by atoms with van der Waals surface area (Å²) in [5.41, 5.74) is 2.04. The van der Waals surface area contributed by atoms with Gasteiger partial charge in [0.25, 0.3) is 5.91 Å². The number of para-hydroxylation sites is 1. The van der Waals surface area contributed by atoms with Gasteiger partial charge in [0.2, 0.25) is 5.91 Å². The van der Waals surface area contributed by atoms with Gasteiger partial charge in [0.05, 0.1) is 0 Å². The van der Waals surface area contributed by atoms with E-state index in [4.69, 9.17) is 0 Å². The number of hydrogen-bond donors (Lipinski definition) is 1. The Bertz CT molecular complexity index is 585.